The van der Waals surface area contributed by atoms with Crippen molar-refractivity contribution in [1.82, 2.24) is 9.55 Å². The van der Waals surface area contributed by atoms with Gasteiger partial charge in [0, 0.05) is 16.1 Å². The van der Waals surface area contributed by atoms with Crippen LogP contribution in [0.1, 0.15) is 0 Å². The van der Waals surface area contributed by atoms with Crippen LogP contribution in [0.2, 0.25) is 5.02 Å². The molecule has 0 fully saturated rings. The standard InChI is InChI=1S/C14H7BrClFN2O2/c15-7-1-3-10(16)9(5-7)13-18-11-6-8(17)2-4-12(11)19(13)14(20)21/h1-6H,(H,20,21). The molecule has 1 N–H and O–H groups in total. The van der Waals surface area contributed by atoms with E-state index in [1.165, 1.54) is 18.2 Å². The zero-order chi connectivity index (χ0) is 15.1. The van der Waals surface area contributed by atoms with Crippen molar-refractivity contribution in [3.05, 3.63) is 51.7 Å². The Morgan fingerprint density at radius 2 is 2.05 bits per heavy atom. The third-order valence-electron chi connectivity index (χ3n) is 2.98. The molecule has 0 aliphatic heterocycles. The molecule has 0 bridgehead atoms. The van der Waals surface area contributed by atoms with E-state index in [0.29, 0.717) is 16.1 Å². The fourth-order valence-electron chi connectivity index (χ4n) is 2.10. The van der Waals surface area contributed by atoms with Gasteiger partial charge < -0.3 is 5.11 Å². The van der Waals surface area contributed by atoms with Gasteiger partial charge in [0.05, 0.1) is 16.1 Å². The Morgan fingerprint density at radius 3 is 2.76 bits per heavy atom. The van der Waals surface area contributed by atoms with Crippen LogP contribution in [0, 0.1) is 5.82 Å². The van der Waals surface area contributed by atoms with Crippen LogP contribution in [-0.4, -0.2) is 20.8 Å². The fourth-order valence-corrected chi connectivity index (χ4v) is 2.66. The molecule has 0 aliphatic carbocycles. The smallest absolute Gasteiger partial charge is 0.417 e. The molecular formula is C14H7BrClFN2O2. The number of hydrogen-bond acceptors (Lipinski definition) is 2. The number of rotatable bonds is 1. The quantitative estimate of drug-likeness (QED) is 0.671. The predicted octanol–water partition coefficient (Wildman–Crippen LogP) is 4.78. The normalized spacial score (nSPS) is 11.0. The number of hydrogen-bond donors (Lipinski definition) is 1. The lowest BCUT2D eigenvalue weighted by Crippen LogP contribution is -2.09. The van der Waals surface area contributed by atoms with Gasteiger partial charge in [-0.05, 0) is 30.3 Å². The van der Waals surface area contributed by atoms with Crippen molar-refractivity contribution in [3.8, 4) is 11.4 Å². The van der Waals surface area contributed by atoms with E-state index >= 15 is 0 Å². The molecule has 0 aliphatic rings. The van der Waals surface area contributed by atoms with E-state index in [2.05, 4.69) is 20.9 Å². The van der Waals surface area contributed by atoms with Gasteiger partial charge >= 0.3 is 6.09 Å². The first kappa shape index (κ1) is 14.0. The van der Waals surface area contributed by atoms with Gasteiger partial charge in [-0.15, -0.1) is 0 Å². The lowest BCUT2D eigenvalue weighted by atomic mass is 10.2. The minimum Gasteiger partial charge on any atom is -0.464 e. The van der Waals surface area contributed by atoms with E-state index in [4.69, 9.17) is 11.6 Å². The molecule has 0 unspecified atom stereocenters. The summed E-state index contributed by atoms with van der Waals surface area (Å²) in [6, 6.07) is 8.78. The molecule has 7 heteroatoms. The summed E-state index contributed by atoms with van der Waals surface area (Å²) in [6.45, 7) is 0. The molecule has 106 valence electrons. The molecule has 21 heavy (non-hydrogen) atoms. The van der Waals surface area contributed by atoms with Crippen LogP contribution in [-0.2, 0) is 0 Å². The largest absolute Gasteiger partial charge is 0.464 e. The Morgan fingerprint density at radius 1 is 1.29 bits per heavy atom. The van der Waals surface area contributed by atoms with Gasteiger partial charge in [0.25, 0.3) is 0 Å². The summed E-state index contributed by atoms with van der Waals surface area (Å²) in [5.41, 5.74) is 1.00. The number of nitrogens with zero attached hydrogens (tertiary/aromatic N) is 2. The zero-order valence-corrected chi connectivity index (χ0v) is 12.7. The van der Waals surface area contributed by atoms with E-state index in [-0.39, 0.29) is 11.3 Å². The number of halogens is 3. The maximum atomic E-state index is 13.3. The minimum atomic E-state index is -1.21. The van der Waals surface area contributed by atoms with E-state index in [1.54, 1.807) is 18.2 Å². The summed E-state index contributed by atoms with van der Waals surface area (Å²) in [5, 5.41) is 9.78. The molecular weight excluding hydrogens is 363 g/mol. The summed E-state index contributed by atoms with van der Waals surface area (Å²) < 4.78 is 15.0. The van der Waals surface area contributed by atoms with E-state index in [9.17, 15) is 14.3 Å². The van der Waals surface area contributed by atoms with Gasteiger partial charge in [-0.25, -0.2) is 18.7 Å². The molecule has 0 spiro atoms. The molecule has 2 aromatic carbocycles. The first-order valence-electron chi connectivity index (χ1n) is 5.84. The fraction of sp³-hybridized carbons (Fsp3) is 0. The minimum absolute atomic E-state index is 0.148. The Labute approximate surface area is 131 Å². The summed E-state index contributed by atoms with van der Waals surface area (Å²) in [4.78, 5) is 15.7. The van der Waals surface area contributed by atoms with Gasteiger partial charge in [0.15, 0.2) is 5.82 Å². The molecule has 0 atom stereocenters. The van der Waals surface area contributed by atoms with Crippen LogP contribution < -0.4 is 0 Å². The van der Waals surface area contributed by atoms with E-state index < -0.39 is 11.9 Å². The zero-order valence-electron chi connectivity index (χ0n) is 10.3. The summed E-state index contributed by atoms with van der Waals surface area (Å²) in [6.07, 6.45) is -1.21. The van der Waals surface area contributed by atoms with Crippen molar-refractivity contribution in [1.29, 1.82) is 0 Å². The molecule has 1 aromatic heterocycles. The average molecular weight is 370 g/mol. The number of carbonyl (C=O) groups is 1. The Bertz CT molecular complexity index is 879. The molecule has 0 amide bonds. The summed E-state index contributed by atoms with van der Waals surface area (Å²) in [5.74, 6) is -0.334. The van der Waals surface area contributed by atoms with Crippen LogP contribution in [0.3, 0.4) is 0 Å². The van der Waals surface area contributed by atoms with Gasteiger partial charge in [0.2, 0.25) is 0 Å². The third-order valence-corrected chi connectivity index (χ3v) is 3.80. The number of benzene rings is 2. The van der Waals surface area contributed by atoms with Crippen molar-refractivity contribution in [2.75, 3.05) is 0 Å². The summed E-state index contributed by atoms with van der Waals surface area (Å²) >= 11 is 9.43. The topological polar surface area (TPSA) is 55.1 Å². The van der Waals surface area contributed by atoms with Crippen LogP contribution in [0.15, 0.2) is 40.9 Å². The van der Waals surface area contributed by atoms with Crippen LogP contribution in [0.4, 0.5) is 9.18 Å². The Hall–Kier alpha value is -1.92. The first-order valence-corrected chi connectivity index (χ1v) is 7.01. The first-order chi connectivity index (χ1) is 9.97. The highest BCUT2D eigenvalue weighted by atomic mass is 79.9. The van der Waals surface area contributed by atoms with Gasteiger partial charge in [-0.1, -0.05) is 27.5 Å². The highest BCUT2D eigenvalue weighted by Crippen LogP contribution is 2.32. The number of fused-ring (bicyclic) bond motifs is 1. The predicted molar refractivity (Wildman–Crippen MR) is 81.3 cm³/mol. The van der Waals surface area contributed by atoms with Crippen LogP contribution in [0.25, 0.3) is 22.4 Å². The van der Waals surface area contributed by atoms with Crippen LogP contribution >= 0.6 is 27.5 Å². The van der Waals surface area contributed by atoms with Crippen molar-refractivity contribution in [2.24, 2.45) is 0 Å². The van der Waals surface area contributed by atoms with E-state index in [0.717, 1.165) is 9.04 Å². The Balaban J connectivity index is 2.38. The van der Waals surface area contributed by atoms with Crippen molar-refractivity contribution in [3.63, 3.8) is 0 Å². The monoisotopic (exact) mass is 368 g/mol. The molecule has 0 saturated carbocycles. The second-order valence-electron chi connectivity index (χ2n) is 4.31. The third kappa shape index (κ3) is 2.41. The Kier molecular flexibility index (Phi) is 3.43. The maximum Gasteiger partial charge on any atom is 0.417 e. The maximum absolute atomic E-state index is 13.3. The van der Waals surface area contributed by atoms with Crippen molar-refractivity contribution >= 4 is 44.7 Å². The molecule has 3 aromatic rings. The SMILES string of the molecule is O=C(O)n1c(-c2cc(Br)ccc2Cl)nc2cc(F)ccc21. The van der Waals surface area contributed by atoms with Crippen molar-refractivity contribution < 1.29 is 14.3 Å². The highest BCUT2D eigenvalue weighted by molar-refractivity contribution is 9.10. The molecule has 0 saturated heterocycles. The lowest BCUT2D eigenvalue weighted by molar-refractivity contribution is 0.197. The summed E-state index contributed by atoms with van der Waals surface area (Å²) in [7, 11) is 0. The van der Waals surface area contributed by atoms with E-state index in [1.807, 2.05) is 0 Å². The van der Waals surface area contributed by atoms with Crippen LogP contribution in [0.5, 0.6) is 0 Å². The second-order valence-corrected chi connectivity index (χ2v) is 5.63. The number of imidazole rings is 1. The number of aromatic nitrogens is 2. The highest BCUT2D eigenvalue weighted by Gasteiger charge is 2.19. The number of carboxylic acid groups (broad SMARTS) is 1. The molecule has 3 rings (SSSR count). The van der Waals surface area contributed by atoms with Gasteiger partial charge in [-0.2, -0.15) is 0 Å². The molecule has 1 heterocycles. The average Bonchev–Trinajstić information content (AvgIpc) is 2.79. The second kappa shape index (κ2) is 5.13. The molecule has 0 radical (unpaired) electrons. The van der Waals surface area contributed by atoms with Crippen molar-refractivity contribution in [2.45, 2.75) is 0 Å². The molecule has 4 nitrogen and oxygen atoms in total. The van der Waals surface area contributed by atoms with Gasteiger partial charge in [-0.3, -0.25) is 0 Å². The lowest BCUT2D eigenvalue weighted by Gasteiger charge is -2.06. The van der Waals surface area contributed by atoms with Gasteiger partial charge in [0.1, 0.15) is 5.82 Å².